The molecule has 0 heterocycles. The van der Waals surface area contributed by atoms with Crippen LogP contribution in [0, 0.1) is 5.92 Å². The van der Waals surface area contributed by atoms with Crippen molar-refractivity contribution in [3.8, 4) is 11.5 Å². The van der Waals surface area contributed by atoms with Crippen LogP contribution in [0.5, 0.6) is 11.5 Å². The minimum atomic E-state index is -0.728. The number of ether oxygens (including phenoxy) is 2. The summed E-state index contributed by atoms with van der Waals surface area (Å²) >= 11 is 0. The SMILES string of the molecule is COc1ccc(C(O)C(C)N/C=C/C(=O)C2CCCCC2)cc1OC. The van der Waals surface area contributed by atoms with Gasteiger partial charge in [-0.2, -0.15) is 0 Å². The number of aliphatic hydroxyl groups excluding tert-OH is 1. The molecule has 0 aliphatic heterocycles. The van der Waals surface area contributed by atoms with E-state index in [9.17, 15) is 9.90 Å². The Kier molecular flexibility index (Phi) is 7.31. The number of hydrogen-bond donors (Lipinski definition) is 2. The molecule has 1 aliphatic rings. The second kappa shape index (κ2) is 9.47. The molecule has 2 N–H and O–H groups in total. The van der Waals surface area contributed by atoms with E-state index < -0.39 is 6.10 Å². The molecular weight excluding hydrogens is 318 g/mol. The van der Waals surface area contributed by atoms with E-state index in [2.05, 4.69) is 5.32 Å². The van der Waals surface area contributed by atoms with Crippen LogP contribution in [0.4, 0.5) is 0 Å². The maximum Gasteiger partial charge on any atom is 0.161 e. The van der Waals surface area contributed by atoms with E-state index in [1.807, 2.05) is 6.92 Å². The lowest BCUT2D eigenvalue weighted by Crippen LogP contribution is -2.28. The van der Waals surface area contributed by atoms with Crippen molar-refractivity contribution in [3.63, 3.8) is 0 Å². The third kappa shape index (κ3) is 5.23. The fourth-order valence-corrected chi connectivity index (χ4v) is 3.22. The largest absolute Gasteiger partial charge is 0.493 e. The topological polar surface area (TPSA) is 67.8 Å². The van der Waals surface area contributed by atoms with Gasteiger partial charge in [-0.15, -0.1) is 0 Å². The van der Waals surface area contributed by atoms with Crippen LogP contribution >= 0.6 is 0 Å². The van der Waals surface area contributed by atoms with Gasteiger partial charge in [0.05, 0.1) is 26.4 Å². The van der Waals surface area contributed by atoms with Gasteiger partial charge in [-0.05, 0) is 43.5 Å². The smallest absolute Gasteiger partial charge is 0.161 e. The summed E-state index contributed by atoms with van der Waals surface area (Å²) in [7, 11) is 3.14. The van der Waals surface area contributed by atoms with E-state index in [1.165, 1.54) is 6.42 Å². The normalized spacial score (nSPS) is 17.9. The first kappa shape index (κ1) is 19.3. The van der Waals surface area contributed by atoms with Gasteiger partial charge in [0.2, 0.25) is 0 Å². The quantitative estimate of drug-likeness (QED) is 0.706. The number of carbonyl (C=O) groups is 1. The van der Waals surface area contributed by atoms with Gasteiger partial charge in [-0.1, -0.05) is 25.3 Å². The summed E-state index contributed by atoms with van der Waals surface area (Å²) in [4.78, 5) is 12.2. The maximum atomic E-state index is 12.2. The molecule has 5 nitrogen and oxygen atoms in total. The molecule has 1 aromatic carbocycles. The molecule has 1 fully saturated rings. The number of allylic oxidation sites excluding steroid dienone is 1. The van der Waals surface area contributed by atoms with Crippen molar-refractivity contribution in [1.82, 2.24) is 5.32 Å². The first-order valence-electron chi connectivity index (χ1n) is 8.93. The van der Waals surface area contributed by atoms with Gasteiger partial charge in [0.15, 0.2) is 17.3 Å². The van der Waals surface area contributed by atoms with Crippen molar-refractivity contribution in [2.75, 3.05) is 14.2 Å². The summed E-state index contributed by atoms with van der Waals surface area (Å²) in [6.45, 7) is 1.87. The monoisotopic (exact) mass is 347 g/mol. The summed E-state index contributed by atoms with van der Waals surface area (Å²) in [6.07, 6.45) is 8.05. The number of hydrogen-bond acceptors (Lipinski definition) is 5. The minimum Gasteiger partial charge on any atom is -0.493 e. The minimum absolute atomic E-state index is 0.165. The van der Waals surface area contributed by atoms with Crippen molar-refractivity contribution >= 4 is 5.78 Å². The van der Waals surface area contributed by atoms with Crippen LogP contribution < -0.4 is 14.8 Å². The molecule has 2 unspecified atom stereocenters. The maximum absolute atomic E-state index is 12.2. The molecule has 0 amide bonds. The van der Waals surface area contributed by atoms with Crippen LogP contribution in [-0.4, -0.2) is 31.2 Å². The number of benzene rings is 1. The van der Waals surface area contributed by atoms with E-state index >= 15 is 0 Å². The molecule has 1 saturated carbocycles. The van der Waals surface area contributed by atoms with Gasteiger partial charge >= 0.3 is 0 Å². The summed E-state index contributed by atoms with van der Waals surface area (Å²) in [5.74, 6) is 1.55. The Bertz CT molecular complexity index is 593. The summed E-state index contributed by atoms with van der Waals surface area (Å²) in [5.41, 5.74) is 0.727. The number of aliphatic hydroxyl groups is 1. The second-order valence-corrected chi connectivity index (χ2v) is 6.59. The highest BCUT2D eigenvalue weighted by atomic mass is 16.5. The zero-order chi connectivity index (χ0) is 18.2. The molecule has 0 saturated heterocycles. The Morgan fingerprint density at radius 1 is 1.20 bits per heavy atom. The molecule has 1 aliphatic carbocycles. The fourth-order valence-electron chi connectivity index (χ4n) is 3.22. The molecule has 0 radical (unpaired) electrons. The van der Waals surface area contributed by atoms with E-state index in [1.54, 1.807) is 44.7 Å². The van der Waals surface area contributed by atoms with Crippen LogP contribution in [0.15, 0.2) is 30.5 Å². The molecule has 0 aromatic heterocycles. The average molecular weight is 347 g/mol. The Labute approximate surface area is 150 Å². The predicted octanol–water partition coefficient (Wildman–Crippen LogP) is 3.38. The van der Waals surface area contributed by atoms with Crippen molar-refractivity contribution in [2.24, 2.45) is 5.92 Å². The number of methoxy groups -OCH3 is 2. The first-order valence-corrected chi connectivity index (χ1v) is 8.93. The zero-order valence-electron chi connectivity index (χ0n) is 15.3. The summed E-state index contributed by atoms with van der Waals surface area (Å²) in [6, 6.07) is 5.10. The molecular formula is C20H29NO4. The first-order chi connectivity index (χ1) is 12.1. The standard InChI is InChI=1S/C20H29NO4/c1-14(21-12-11-17(22)15-7-5-4-6-8-15)20(23)16-9-10-18(24-2)19(13-16)25-3/h9-15,20-21,23H,4-8H2,1-3H3/b12-11+. The van der Waals surface area contributed by atoms with Crippen LogP contribution in [0.2, 0.25) is 0 Å². The van der Waals surface area contributed by atoms with Gasteiger partial charge in [0.1, 0.15) is 0 Å². The number of rotatable bonds is 8. The van der Waals surface area contributed by atoms with Crippen LogP contribution in [0.25, 0.3) is 0 Å². The number of ketones is 1. The van der Waals surface area contributed by atoms with Crippen molar-refractivity contribution < 1.29 is 19.4 Å². The molecule has 0 bridgehead atoms. The molecule has 138 valence electrons. The highest BCUT2D eigenvalue weighted by molar-refractivity contribution is 5.91. The lowest BCUT2D eigenvalue weighted by atomic mass is 9.86. The van der Waals surface area contributed by atoms with Crippen LogP contribution in [0.3, 0.4) is 0 Å². The van der Waals surface area contributed by atoms with Crippen molar-refractivity contribution in [1.29, 1.82) is 0 Å². The highest BCUT2D eigenvalue weighted by Gasteiger charge is 2.20. The number of nitrogens with one attached hydrogen (secondary N) is 1. The average Bonchev–Trinajstić information content (AvgIpc) is 2.67. The second-order valence-electron chi connectivity index (χ2n) is 6.59. The Morgan fingerprint density at radius 3 is 2.52 bits per heavy atom. The molecule has 1 aromatic rings. The van der Waals surface area contributed by atoms with E-state index in [4.69, 9.17) is 9.47 Å². The third-order valence-electron chi connectivity index (χ3n) is 4.84. The number of carbonyl (C=O) groups excluding carboxylic acids is 1. The van der Waals surface area contributed by atoms with Crippen LogP contribution in [0.1, 0.15) is 50.7 Å². The highest BCUT2D eigenvalue weighted by Crippen LogP contribution is 2.31. The Balaban J connectivity index is 1.92. The summed E-state index contributed by atoms with van der Waals surface area (Å²) in [5, 5.41) is 13.6. The predicted molar refractivity (Wildman–Crippen MR) is 97.8 cm³/mol. The van der Waals surface area contributed by atoms with Gasteiger partial charge < -0.3 is 19.9 Å². The van der Waals surface area contributed by atoms with E-state index in [0.29, 0.717) is 11.5 Å². The third-order valence-corrected chi connectivity index (χ3v) is 4.84. The van der Waals surface area contributed by atoms with E-state index in [0.717, 1.165) is 31.2 Å². The Morgan fingerprint density at radius 2 is 1.88 bits per heavy atom. The van der Waals surface area contributed by atoms with Crippen molar-refractivity contribution in [2.45, 2.75) is 51.2 Å². The van der Waals surface area contributed by atoms with Gasteiger partial charge in [0, 0.05) is 12.1 Å². The van der Waals surface area contributed by atoms with Crippen molar-refractivity contribution in [3.05, 3.63) is 36.0 Å². The summed E-state index contributed by atoms with van der Waals surface area (Å²) < 4.78 is 10.5. The molecule has 2 atom stereocenters. The van der Waals surface area contributed by atoms with E-state index in [-0.39, 0.29) is 17.7 Å². The lowest BCUT2D eigenvalue weighted by Gasteiger charge is -2.21. The van der Waals surface area contributed by atoms with Gasteiger partial charge in [-0.25, -0.2) is 0 Å². The fraction of sp³-hybridized carbons (Fsp3) is 0.550. The molecule has 0 spiro atoms. The lowest BCUT2D eigenvalue weighted by molar-refractivity contribution is -0.119. The zero-order valence-corrected chi connectivity index (χ0v) is 15.3. The van der Waals surface area contributed by atoms with Crippen LogP contribution in [-0.2, 0) is 4.79 Å². The molecule has 2 rings (SSSR count). The van der Waals surface area contributed by atoms with Gasteiger partial charge in [-0.3, -0.25) is 4.79 Å². The van der Waals surface area contributed by atoms with Gasteiger partial charge in [0.25, 0.3) is 0 Å². The molecule has 25 heavy (non-hydrogen) atoms. The molecule has 5 heteroatoms. The Hall–Kier alpha value is -2.01.